The Hall–Kier alpha value is -1.69. The van der Waals surface area contributed by atoms with E-state index in [1.807, 2.05) is 10.9 Å². The van der Waals surface area contributed by atoms with Crippen LogP contribution < -0.4 is 0 Å². The van der Waals surface area contributed by atoms with E-state index in [4.69, 9.17) is 0 Å². The van der Waals surface area contributed by atoms with Crippen molar-refractivity contribution in [2.45, 2.75) is 46.7 Å². The number of nitrogens with zero attached hydrogens (tertiary/aromatic N) is 5. The van der Waals surface area contributed by atoms with Gasteiger partial charge in [0.2, 0.25) is 0 Å². The summed E-state index contributed by atoms with van der Waals surface area (Å²) in [5, 5.41) is 13.3. The normalized spacial score (nSPS) is 14.6. The molecule has 1 aliphatic heterocycles. The zero-order valence-corrected chi connectivity index (χ0v) is 15.3. The molecule has 5 nitrogen and oxygen atoms in total. The SMILES string of the molecule is CC(C)(C)Cn1nnc2c(Br)c(-c3cnn4c3CCC4)ccc21. The Morgan fingerprint density at radius 2 is 2.04 bits per heavy atom. The Morgan fingerprint density at radius 3 is 2.83 bits per heavy atom. The molecule has 0 spiro atoms. The molecule has 120 valence electrons. The molecule has 0 amide bonds. The molecule has 3 heterocycles. The van der Waals surface area contributed by atoms with Gasteiger partial charge in [-0.15, -0.1) is 5.10 Å². The fraction of sp³-hybridized carbons (Fsp3) is 0.471. The van der Waals surface area contributed by atoms with Crippen LogP contribution in [0.15, 0.2) is 22.8 Å². The first-order valence-electron chi connectivity index (χ1n) is 8.01. The van der Waals surface area contributed by atoms with Gasteiger partial charge < -0.3 is 0 Å². The Labute approximate surface area is 143 Å². The molecule has 4 rings (SSSR count). The van der Waals surface area contributed by atoms with Gasteiger partial charge in [0.1, 0.15) is 5.52 Å². The molecule has 1 aliphatic rings. The average Bonchev–Trinajstić information content (AvgIpc) is 3.14. The van der Waals surface area contributed by atoms with Crippen LogP contribution in [0.5, 0.6) is 0 Å². The van der Waals surface area contributed by atoms with E-state index in [9.17, 15) is 0 Å². The lowest BCUT2D eigenvalue weighted by molar-refractivity contribution is 0.327. The lowest BCUT2D eigenvalue weighted by Gasteiger charge is -2.18. The molecule has 0 radical (unpaired) electrons. The van der Waals surface area contributed by atoms with E-state index >= 15 is 0 Å². The van der Waals surface area contributed by atoms with E-state index < -0.39 is 0 Å². The van der Waals surface area contributed by atoms with Gasteiger partial charge >= 0.3 is 0 Å². The van der Waals surface area contributed by atoms with Crippen LogP contribution in [0.4, 0.5) is 0 Å². The highest BCUT2D eigenvalue weighted by molar-refractivity contribution is 9.10. The maximum atomic E-state index is 4.50. The summed E-state index contributed by atoms with van der Waals surface area (Å²) >= 11 is 3.75. The minimum Gasteiger partial charge on any atom is -0.269 e. The first kappa shape index (κ1) is 14.9. The Morgan fingerprint density at radius 1 is 1.22 bits per heavy atom. The van der Waals surface area contributed by atoms with E-state index in [1.165, 1.54) is 17.7 Å². The molecule has 0 aliphatic carbocycles. The van der Waals surface area contributed by atoms with Crippen molar-refractivity contribution in [1.82, 2.24) is 24.8 Å². The van der Waals surface area contributed by atoms with Crippen LogP contribution in [0.1, 0.15) is 32.9 Å². The summed E-state index contributed by atoms with van der Waals surface area (Å²) in [5.41, 5.74) is 5.85. The van der Waals surface area contributed by atoms with Gasteiger partial charge in [0, 0.05) is 29.9 Å². The second-order valence-electron chi connectivity index (χ2n) is 7.43. The maximum absolute atomic E-state index is 4.50. The monoisotopic (exact) mass is 373 g/mol. The van der Waals surface area contributed by atoms with Crippen LogP contribution in [0.25, 0.3) is 22.2 Å². The van der Waals surface area contributed by atoms with Gasteiger partial charge in [-0.05, 0) is 40.3 Å². The van der Waals surface area contributed by atoms with Gasteiger partial charge in [0.15, 0.2) is 0 Å². The number of aromatic nitrogens is 5. The molecule has 0 saturated carbocycles. The average molecular weight is 374 g/mol. The highest BCUT2D eigenvalue weighted by Crippen LogP contribution is 2.37. The molecular formula is C17H20BrN5. The Bertz CT molecular complexity index is 884. The fourth-order valence-electron chi connectivity index (χ4n) is 3.27. The van der Waals surface area contributed by atoms with Crippen molar-refractivity contribution in [2.75, 3.05) is 0 Å². The van der Waals surface area contributed by atoms with Crippen molar-refractivity contribution in [3.05, 3.63) is 28.5 Å². The number of hydrogen-bond donors (Lipinski definition) is 0. The van der Waals surface area contributed by atoms with Gasteiger partial charge in [0.25, 0.3) is 0 Å². The molecule has 0 bridgehead atoms. The number of halogens is 1. The first-order chi connectivity index (χ1) is 10.9. The Kier molecular flexibility index (Phi) is 3.34. The summed E-state index contributed by atoms with van der Waals surface area (Å²) in [4.78, 5) is 0. The zero-order valence-electron chi connectivity index (χ0n) is 13.7. The van der Waals surface area contributed by atoms with Crippen molar-refractivity contribution in [1.29, 1.82) is 0 Å². The molecule has 2 aromatic heterocycles. The summed E-state index contributed by atoms with van der Waals surface area (Å²) < 4.78 is 5.12. The molecule has 0 atom stereocenters. The van der Waals surface area contributed by atoms with E-state index in [2.05, 4.69) is 68.9 Å². The maximum Gasteiger partial charge on any atom is 0.127 e. The van der Waals surface area contributed by atoms with Crippen molar-refractivity contribution in [3.8, 4) is 11.1 Å². The van der Waals surface area contributed by atoms with Gasteiger partial charge in [-0.25, -0.2) is 4.68 Å². The van der Waals surface area contributed by atoms with Crippen LogP contribution in [0.2, 0.25) is 0 Å². The van der Waals surface area contributed by atoms with Crippen molar-refractivity contribution < 1.29 is 0 Å². The van der Waals surface area contributed by atoms with Crippen LogP contribution >= 0.6 is 15.9 Å². The second kappa shape index (κ2) is 5.16. The lowest BCUT2D eigenvalue weighted by Crippen LogP contribution is -2.16. The van der Waals surface area contributed by atoms with Gasteiger partial charge in [-0.3, -0.25) is 4.68 Å². The van der Waals surface area contributed by atoms with Crippen molar-refractivity contribution >= 4 is 27.0 Å². The summed E-state index contributed by atoms with van der Waals surface area (Å²) in [6.07, 6.45) is 4.24. The molecule has 0 saturated heterocycles. The van der Waals surface area contributed by atoms with Crippen LogP contribution in [-0.4, -0.2) is 24.8 Å². The second-order valence-corrected chi connectivity index (χ2v) is 8.23. The van der Waals surface area contributed by atoms with E-state index in [1.54, 1.807) is 0 Å². The largest absolute Gasteiger partial charge is 0.269 e. The summed E-state index contributed by atoms with van der Waals surface area (Å²) in [7, 11) is 0. The molecular weight excluding hydrogens is 354 g/mol. The third kappa shape index (κ3) is 2.49. The molecule has 1 aromatic carbocycles. The fourth-order valence-corrected chi connectivity index (χ4v) is 3.90. The highest BCUT2D eigenvalue weighted by atomic mass is 79.9. The van der Waals surface area contributed by atoms with Gasteiger partial charge in [0.05, 0.1) is 16.2 Å². The predicted octanol–water partition coefficient (Wildman–Crippen LogP) is 4.05. The third-order valence-electron chi connectivity index (χ3n) is 4.27. The number of aryl methyl sites for hydroxylation is 1. The zero-order chi connectivity index (χ0) is 16.2. The Balaban J connectivity index is 1.83. The third-order valence-corrected chi connectivity index (χ3v) is 5.07. The quantitative estimate of drug-likeness (QED) is 0.680. The molecule has 23 heavy (non-hydrogen) atoms. The van der Waals surface area contributed by atoms with E-state index in [0.717, 1.165) is 40.6 Å². The molecule has 0 unspecified atom stereocenters. The van der Waals surface area contributed by atoms with E-state index in [-0.39, 0.29) is 5.41 Å². The summed E-state index contributed by atoms with van der Waals surface area (Å²) in [6, 6.07) is 4.28. The van der Waals surface area contributed by atoms with Crippen molar-refractivity contribution in [3.63, 3.8) is 0 Å². The molecule has 3 aromatic rings. The minimum absolute atomic E-state index is 0.166. The van der Waals surface area contributed by atoms with Crippen LogP contribution in [0.3, 0.4) is 0 Å². The van der Waals surface area contributed by atoms with Gasteiger partial charge in [-0.2, -0.15) is 5.10 Å². The lowest BCUT2D eigenvalue weighted by atomic mass is 9.97. The summed E-state index contributed by atoms with van der Waals surface area (Å²) in [6.45, 7) is 8.50. The number of benzene rings is 1. The predicted molar refractivity (Wildman–Crippen MR) is 94.2 cm³/mol. The first-order valence-corrected chi connectivity index (χ1v) is 8.80. The highest BCUT2D eigenvalue weighted by Gasteiger charge is 2.22. The van der Waals surface area contributed by atoms with Gasteiger partial charge in [-0.1, -0.05) is 32.1 Å². The summed E-state index contributed by atoms with van der Waals surface area (Å²) in [5.74, 6) is 0. The smallest absolute Gasteiger partial charge is 0.127 e. The molecule has 0 fully saturated rings. The van der Waals surface area contributed by atoms with Crippen molar-refractivity contribution in [2.24, 2.45) is 5.41 Å². The number of rotatable bonds is 2. The van der Waals surface area contributed by atoms with Crippen LogP contribution in [0, 0.1) is 5.41 Å². The van der Waals surface area contributed by atoms with E-state index in [0.29, 0.717) is 0 Å². The standard InChI is InChI=1S/C17H20BrN5/c1-17(2,3)10-23-14-7-6-11(15(18)16(14)20-21-23)12-9-19-22-8-4-5-13(12)22/h6-7,9H,4-5,8,10H2,1-3H3. The molecule has 0 N–H and O–H groups in total. The number of hydrogen-bond acceptors (Lipinski definition) is 3. The molecule has 6 heteroatoms. The topological polar surface area (TPSA) is 48.5 Å². The van der Waals surface area contributed by atoms with Crippen LogP contribution in [-0.2, 0) is 19.5 Å². The minimum atomic E-state index is 0.166. The number of fused-ring (bicyclic) bond motifs is 2.